The summed E-state index contributed by atoms with van der Waals surface area (Å²) in [5.41, 5.74) is 3.29. The Morgan fingerprint density at radius 3 is 1.83 bits per heavy atom. The molecule has 0 heterocycles. The van der Waals surface area contributed by atoms with Crippen molar-refractivity contribution in [3.05, 3.63) is 70.8 Å². The molecule has 6 heteroatoms. The molecule has 0 saturated carbocycles. The van der Waals surface area contributed by atoms with Crippen LogP contribution in [0.3, 0.4) is 0 Å². The maximum absolute atomic E-state index is 12.4. The number of amides is 2. The van der Waals surface area contributed by atoms with E-state index in [1.54, 1.807) is 12.1 Å². The van der Waals surface area contributed by atoms with Crippen LogP contribution in [0.4, 0.5) is 4.79 Å². The lowest BCUT2D eigenvalue weighted by molar-refractivity contribution is -0.872. The van der Waals surface area contributed by atoms with E-state index in [2.05, 4.69) is 36.9 Å². The Balaban J connectivity index is 1.81. The summed E-state index contributed by atoms with van der Waals surface area (Å²) >= 11 is 0. The van der Waals surface area contributed by atoms with Crippen LogP contribution in [0.15, 0.2) is 48.5 Å². The van der Waals surface area contributed by atoms with Gasteiger partial charge in [0.15, 0.2) is 0 Å². The van der Waals surface area contributed by atoms with Gasteiger partial charge in [0.05, 0.1) is 14.1 Å². The third-order valence-corrected chi connectivity index (χ3v) is 4.09. The Kier molecular flexibility index (Phi) is 7.79. The molecular formula is C23H32N3O3+. The molecule has 2 amide bonds. The first-order chi connectivity index (χ1) is 13.6. The number of quaternary nitrogens is 1. The van der Waals surface area contributed by atoms with Crippen LogP contribution in [0.5, 0.6) is 0 Å². The Hall–Kier alpha value is -2.86. The van der Waals surface area contributed by atoms with Crippen molar-refractivity contribution in [1.29, 1.82) is 0 Å². The molecule has 0 unspecified atom stereocenters. The van der Waals surface area contributed by atoms with Crippen LogP contribution in [0.1, 0.15) is 47.8 Å². The normalized spacial score (nSPS) is 11.2. The highest BCUT2D eigenvalue weighted by Gasteiger charge is 2.15. The fraction of sp³-hybridized carbons (Fsp3) is 0.391. The van der Waals surface area contributed by atoms with Crippen molar-refractivity contribution >= 4 is 12.0 Å². The predicted molar refractivity (Wildman–Crippen MR) is 114 cm³/mol. The maximum Gasteiger partial charge on any atom is 0.407 e. The first kappa shape index (κ1) is 22.4. The van der Waals surface area contributed by atoms with Crippen LogP contribution in [0.25, 0.3) is 0 Å². The summed E-state index contributed by atoms with van der Waals surface area (Å²) in [6.07, 6.45) is -0.461. The molecule has 0 aliphatic rings. The lowest BCUT2D eigenvalue weighted by Gasteiger charge is -2.19. The van der Waals surface area contributed by atoms with E-state index in [4.69, 9.17) is 4.74 Å². The van der Waals surface area contributed by atoms with E-state index in [0.717, 1.165) is 17.7 Å². The third-order valence-electron chi connectivity index (χ3n) is 4.09. The highest BCUT2D eigenvalue weighted by atomic mass is 16.6. The smallest absolute Gasteiger partial charge is 0.407 e. The molecule has 6 nitrogen and oxygen atoms in total. The lowest BCUT2D eigenvalue weighted by Crippen LogP contribution is -3.04. The van der Waals surface area contributed by atoms with E-state index in [1.165, 1.54) is 10.5 Å². The van der Waals surface area contributed by atoms with Crippen LogP contribution in [-0.4, -0.2) is 31.7 Å². The topological polar surface area (TPSA) is 71.9 Å². The molecule has 0 bridgehead atoms. The highest BCUT2D eigenvalue weighted by molar-refractivity contribution is 5.94. The Morgan fingerprint density at radius 2 is 1.31 bits per heavy atom. The molecule has 0 aliphatic carbocycles. The number of hydrogen-bond donors (Lipinski definition) is 3. The summed E-state index contributed by atoms with van der Waals surface area (Å²) in [5.74, 6) is -0.126. The van der Waals surface area contributed by atoms with Crippen LogP contribution >= 0.6 is 0 Å². The largest absolute Gasteiger partial charge is 0.444 e. The maximum atomic E-state index is 12.4. The standard InChI is InChI=1S/C23H31N3O3/c1-23(2,3)29-22(28)25-15-18-10-12-20(13-11-18)21(27)24-14-17-6-8-19(9-7-17)16-26(4)5/h6-13H,14-16H2,1-5H3,(H,24,27)(H,25,28)/p+1. The van der Waals surface area contributed by atoms with Gasteiger partial charge in [-0.3, -0.25) is 4.79 Å². The van der Waals surface area contributed by atoms with Gasteiger partial charge in [-0.1, -0.05) is 36.4 Å². The molecular weight excluding hydrogens is 366 g/mol. The first-order valence-electron chi connectivity index (χ1n) is 9.83. The average Bonchev–Trinajstić information content (AvgIpc) is 2.64. The van der Waals surface area contributed by atoms with Crippen molar-refractivity contribution in [2.75, 3.05) is 14.1 Å². The van der Waals surface area contributed by atoms with E-state index >= 15 is 0 Å². The van der Waals surface area contributed by atoms with E-state index in [9.17, 15) is 9.59 Å². The zero-order valence-corrected chi connectivity index (χ0v) is 18.0. The zero-order valence-electron chi connectivity index (χ0n) is 18.0. The van der Waals surface area contributed by atoms with Gasteiger partial charge < -0.3 is 20.3 Å². The summed E-state index contributed by atoms with van der Waals surface area (Å²) in [6.45, 7) is 7.26. The van der Waals surface area contributed by atoms with Crippen molar-refractivity contribution in [3.8, 4) is 0 Å². The molecule has 0 radical (unpaired) electrons. The summed E-state index contributed by atoms with van der Waals surface area (Å²) in [6, 6.07) is 15.4. The van der Waals surface area contributed by atoms with Gasteiger partial charge in [0.1, 0.15) is 12.1 Å². The number of hydrogen-bond acceptors (Lipinski definition) is 3. The van der Waals surface area contributed by atoms with Gasteiger partial charge >= 0.3 is 6.09 Å². The first-order valence-corrected chi connectivity index (χ1v) is 9.83. The van der Waals surface area contributed by atoms with Crippen molar-refractivity contribution in [2.45, 2.75) is 46.0 Å². The molecule has 0 aliphatic heterocycles. The van der Waals surface area contributed by atoms with Gasteiger partial charge in [0.25, 0.3) is 5.91 Å². The second kappa shape index (κ2) is 10.1. The predicted octanol–water partition coefficient (Wildman–Crippen LogP) is 2.29. The average molecular weight is 399 g/mol. The molecule has 0 spiro atoms. The molecule has 2 rings (SSSR count). The van der Waals surface area contributed by atoms with Crippen molar-refractivity contribution in [3.63, 3.8) is 0 Å². The molecule has 0 fully saturated rings. The minimum Gasteiger partial charge on any atom is -0.444 e. The molecule has 2 aromatic rings. The number of carbonyl (C=O) groups is 2. The number of benzene rings is 2. The molecule has 3 N–H and O–H groups in total. The lowest BCUT2D eigenvalue weighted by atomic mass is 10.1. The van der Waals surface area contributed by atoms with Crippen LogP contribution in [0.2, 0.25) is 0 Å². The van der Waals surface area contributed by atoms with Crippen molar-refractivity contribution in [2.24, 2.45) is 0 Å². The molecule has 0 saturated heterocycles. The van der Waals surface area contributed by atoms with Gasteiger partial charge in [0, 0.05) is 24.2 Å². The number of carbonyl (C=O) groups excluding carboxylic acids is 2. The summed E-state index contributed by atoms with van der Waals surface area (Å²) in [7, 11) is 4.24. The van der Waals surface area contributed by atoms with Gasteiger partial charge in [0.2, 0.25) is 0 Å². The Morgan fingerprint density at radius 1 is 0.828 bits per heavy atom. The summed E-state index contributed by atoms with van der Waals surface area (Å²) in [4.78, 5) is 25.4. The fourth-order valence-corrected chi connectivity index (χ4v) is 2.73. The second-order valence-corrected chi connectivity index (χ2v) is 8.44. The minimum absolute atomic E-state index is 0.126. The van der Waals surface area contributed by atoms with Gasteiger partial charge in [-0.05, 0) is 44.0 Å². The van der Waals surface area contributed by atoms with E-state index < -0.39 is 11.7 Å². The second-order valence-electron chi connectivity index (χ2n) is 8.44. The summed E-state index contributed by atoms with van der Waals surface area (Å²) in [5, 5.41) is 5.64. The van der Waals surface area contributed by atoms with Crippen LogP contribution in [0, 0.1) is 0 Å². The van der Waals surface area contributed by atoms with Crippen LogP contribution < -0.4 is 15.5 Å². The van der Waals surface area contributed by atoms with Crippen LogP contribution in [-0.2, 0) is 24.4 Å². The fourth-order valence-electron chi connectivity index (χ4n) is 2.73. The summed E-state index contributed by atoms with van der Waals surface area (Å²) < 4.78 is 5.21. The van der Waals surface area contributed by atoms with Crippen molar-refractivity contribution < 1.29 is 19.2 Å². The van der Waals surface area contributed by atoms with E-state index in [-0.39, 0.29) is 5.91 Å². The molecule has 0 atom stereocenters. The number of nitrogens with one attached hydrogen (secondary N) is 3. The third kappa shape index (κ3) is 8.35. The molecule has 2 aromatic carbocycles. The zero-order chi connectivity index (χ0) is 21.4. The van der Waals surface area contributed by atoms with Gasteiger partial charge in [-0.15, -0.1) is 0 Å². The molecule has 0 aromatic heterocycles. The Labute approximate surface area is 173 Å². The number of alkyl carbamates (subject to hydrolysis) is 1. The van der Waals surface area contributed by atoms with E-state index in [0.29, 0.717) is 18.7 Å². The number of rotatable bonds is 7. The van der Waals surface area contributed by atoms with E-state index in [1.807, 2.05) is 45.0 Å². The highest BCUT2D eigenvalue weighted by Crippen LogP contribution is 2.09. The SMILES string of the molecule is C[NH+](C)Cc1ccc(CNC(=O)c2ccc(CNC(=O)OC(C)(C)C)cc2)cc1. The molecule has 156 valence electrons. The Bertz CT molecular complexity index is 807. The van der Waals surface area contributed by atoms with Gasteiger partial charge in [-0.2, -0.15) is 0 Å². The molecule has 29 heavy (non-hydrogen) atoms. The van der Waals surface area contributed by atoms with Crippen molar-refractivity contribution in [1.82, 2.24) is 10.6 Å². The number of ether oxygens (including phenoxy) is 1. The van der Waals surface area contributed by atoms with Gasteiger partial charge in [-0.25, -0.2) is 4.79 Å². The monoisotopic (exact) mass is 398 g/mol. The quantitative estimate of drug-likeness (QED) is 0.670. The minimum atomic E-state index is -0.528.